The first-order valence-corrected chi connectivity index (χ1v) is 6.81. The van der Waals surface area contributed by atoms with Crippen LogP contribution in [-0.4, -0.2) is 12.1 Å². The fourth-order valence-corrected chi connectivity index (χ4v) is 2.40. The summed E-state index contributed by atoms with van der Waals surface area (Å²) in [4.78, 5) is 4.35. The van der Waals surface area contributed by atoms with E-state index in [-0.39, 0.29) is 11.7 Å². The van der Waals surface area contributed by atoms with Crippen LogP contribution in [0.5, 0.6) is 5.75 Å². The quantitative estimate of drug-likeness (QED) is 0.796. The van der Waals surface area contributed by atoms with Crippen molar-refractivity contribution in [3.63, 3.8) is 0 Å². The molecule has 0 aliphatic rings. The van der Waals surface area contributed by atoms with Crippen molar-refractivity contribution >= 4 is 11.6 Å². The van der Waals surface area contributed by atoms with Crippen molar-refractivity contribution in [2.24, 2.45) is 0 Å². The van der Waals surface area contributed by atoms with E-state index in [0.29, 0.717) is 16.3 Å². The molecule has 0 N–H and O–H groups in total. The van der Waals surface area contributed by atoms with Gasteiger partial charge in [-0.05, 0) is 36.1 Å². The number of rotatable bonds is 3. The molecule has 106 valence electrons. The Morgan fingerprint density at radius 2 is 1.95 bits per heavy atom. The van der Waals surface area contributed by atoms with Crippen LogP contribution in [0.2, 0.25) is 5.02 Å². The molecule has 0 aliphatic heterocycles. The second kappa shape index (κ2) is 5.80. The van der Waals surface area contributed by atoms with Gasteiger partial charge in [-0.25, -0.2) is 4.39 Å². The molecule has 0 bridgehead atoms. The van der Waals surface area contributed by atoms with Crippen LogP contribution in [0.4, 0.5) is 4.39 Å². The smallest absolute Gasteiger partial charge is 0.131 e. The first-order chi connectivity index (χ1) is 9.43. The molecular formula is C16H17ClFNO. The third-order valence-corrected chi connectivity index (χ3v) is 3.45. The van der Waals surface area contributed by atoms with E-state index in [2.05, 4.69) is 4.98 Å². The minimum atomic E-state index is -0.257. The Morgan fingerprint density at radius 1 is 1.25 bits per heavy atom. The van der Waals surface area contributed by atoms with E-state index < -0.39 is 0 Å². The summed E-state index contributed by atoms with van der Waals surface area (Å²) >= 11 is 5.93. The Labute approximate surface area is 123 Å². The molecule has 0 radical (unpaired) electrons. The standard InChI is InChI=1S/C16H17ClFNO/c1-9(2)12-6-13(15(20-4)7-14(12)18)16-10(3)5-11(17)8-19-16/h5-9H,1-4H3. The van der Waals surface area contributed by atoms with E-state index in [1.807, 2.05) is 32.9 Å². The van der Waals surface area contributed by atoms with Crippen LogP contribution in [0.1, 0.15) is 30.9 Å². The van der Waals surface area contributed by atoms with Gasteiger partial charge in [0, 0.05) is 17.8 Å². The highest BCUT2D eigenvalue weighted by molar-refractivity contribution is 6.30. The lowest BCUT2D eigenvalue weighted by molar-refractivity contribution is 0.412. The molecule has 0 fully saturated rings. The molecule has 1 aromatic heterocycles. The zero-order valence-corrected chi connectivity index (χ0v) is 12.8. The Kier molecular flexibility index (Phi) is 4.29. The third-order valence-electron chi connectivity index (χ3n) is 3.24. The van der Waals surface area contributed by atoms with Gasteiger partial charge in [-0.15, -0.1) is 0 Å². The third kappa shape index (κ3) is 2.78. The van der Waals surface area contributed by atoms with E-state index in [9.17, 15) is 4.39 Å². The summed E-state index contributed by atoms with van der Waals surface area (Å²) in [7, 11) is 1.53. The van der Waals surface area contributed by atoms with Gasteiger partial charge in [0.05, 0.1) is 17.8 Å². The molecule has 2 aromatic rings. The highest BCUT2D eigenvalue weighted by Crippen LogP contribution is 2.35. The maximum atomic E-state index is 14.0. The van der Waals surface area contributed by atoms with Crippen LogP contribution in [0.25, 0.3) is 11.3 Å². The molecule has 0 spiro atoms. The van der Waals surface area contributed by atoms with E-state index in [4.69, 9.17) is 16.3 Å². The maximum absolute atomic E-state index is 14.0. The summed E-state index contributed by atoms with van der Waals surface area (Å²) in [5.41, 5.74) is 3.12. The van der Waals surface area contributed by atoms with Crippen molar-refractivity contribution in [2.75, 3.05) is 7.11 Å². The monoisotopic (exact) mass is 293 g/mol. The van der Waals surface area contributed by atoms with Crippen LogP contribution < -0.4 is 4.74 Å². The molecule has 2 nitrogen and oxygen atoms in total. The SMILES string of the molecule is COc1cc(F)c(C(C)C)cc1-c1ncc(Cl)cc1C. The molecule has 2 rings (SSSR count). The molecular weight excluding hydrogens is 277 g/mol. The number of aromatic nitrogens is 1. The molecule has 0 unspecified atom stereocenters. The summed E-state index contributed by atoms with van der Waals surface area (Å²) in [6.07, 6.45) is 1.59. The van der Waals surface area contributed by atoms with Crippen molar-refractivity contribution in [2.45, 2.75) is 26.7 Å². The van der Waals surface area contributed by atoms with Gasteiger partial charge in [-0.1, -0.05) is 25.4 Å². The lowest BCUT2D eigenvalue weighted by Crippen LogP contribution is -1.99. The average molecular weight is 294 g/mol. The molecule has 20 heavy (non-hydrogen) atoms. The number of ether oxygens (including phenoxy) is 1. The van der Waals surface area contributed by atoms with Crippen molar-refractivity contribution in [1.82, 2.24) is 4.98 Å². The normalized spacial score (nSPS) is 10.9. The fraction of sp³-hybridized carbons (Fsp3) is 0.312. The van der Waals surface area contributed by atoms with Gasteiger partial charge in [0.1, 0.15) is 11.6 Å². The lowest BCUT2D eigenvalue weighted by Gasteiger charge is -2.15. The minimum Gasteiger partial charge on any atom is -0.496 e. The van der Waals surface area contributed by atoms with Gasteiger partial charge in [0.15, 0.2) is 0 Å². The number of aryl methyl sites for hydroxylation is 1. The molecule has 0 atom stereocenters. The summed E-state index contributed by atoms with van der Waals surface area (Å²) < 4.78 is 19.3. The molecule has 0 saturated heterocycles. The van der Waals surface area contributed by atoms with Crippen molar-refractivity contribution in [3.8, 4) is 17.0 Å². The Morgan fingerprint density at radius 3 is 2.50 bits per heavy atom. The second-order valence-corrected chi connectivity index (χ2v) is 5.48. The van der Waals surface area contributed by atoms with Gasteiger partial charge >= 0.3 is 0 Å². The first-order valence-electron chi connectivity index (χ1n) is 6.44. The predicted octanol–water partition coefficient (Wildman–Crippen LogP) is 4.98. The number of halogens is 2. The maximum Gasteiger partial charge on any atom is 0.131 e. The Hall–Kier alpha value is -1.61. The largest absolute Gasteiger partial charge is 0.496 e. The molecule has 4 heteroatoms. The van der Waals surface area contributed by atoms with Gasteiger partial charge in [0.25, 0.3) is 0 Å². The molecule has 0 amide bonds. The fourth-order valence-electron chi connectivity index (χ4n) is 2.19. The molecule has 0 aliphatic carbocycles. The average Bonchev–Trinajstić information content (AvgIpc) is 2.38. The first kappa shape index (κ1) is 14.8. The van der Waals surface area contributed by atoms with E-state index in [0.717, 1.165) is 16.8 Å². The van der Waals surface area contributed by atoms with Crippen LogP contribution in [-0.2, 0) is 0 Å². The van der Waals surface area contributed by atoms with Crippen LogP contribution in [0.3, 0.4) is 0 Å². The van der Waals surface area contributed by atoms with Crippen LogP contribution >= 0.6 is 11.6 Å². The van der Waals surface area contributed by atoms with Crippen molar-refractivity contribution in [3.05, 3.63) is 46.4 Å². The van der Waals surface area contributed by atoms with Crippen LogP contribution in [0.15, 0.2) is 24.4 Å². The van der Waals surface area contributed by atoms with Crippen LogP contribution in [0, 0.1) is 12.7 Å². The number of hydrogen-bond donors (Lipinski definition) is 0. The lowest BCUT2D eigenvalue weighted by atomic mass is 9.96. The Bertz CT molecular complexity index is 641. The van der Waals surface area contributed by atoms with Crippen molar-refractivity contribution < 1.29 is 9.13 Å². The molecule has 1 heterocycles. The number of benzene rings is 1. The molecule has 0 saturated carbocycles. The zero-order valence-electron chi connectivity index (χ0n) is 12.0. The zero-order chi connectivity index (χ0) is 14.9. The Balaban J connectivity index is 2.68. The van der Waals surface area contributed by atoms with E-state index in [1.165, 1.54) is 13.2 Å². The summed E-state index contributed by atoms with van der Waals surface area (Å²) in [5.74, 6) is 0.310. The van der Waals surface area contributed by atoms with Crippen molar-refractivity contribution in [1.29, 1.82) is 0 Å². The predicted molar refractivity (Wildman–Crippen MR) is 80.0 cm³/mol. The van der Waals surface area contributed by atoms with Gasteiger partial charge in [-0.2, -0.15) is 0 Å². The second-order valence-electron chi connectivity index (χ2n) is 5.05. The van der Waals surface area contributed by atoms with Gasteiger partial charge in [-0.3, -0.25) is 4.98 Å². The van der Waals surface area contributed by atoms with Gasteiger partial charge < -0.3 is 4.74 Å². The van der Waals surface area contributed by atoms with E-state index >= 15 is 0 Å². The molecule has 1 aromatic carbocycles. The number of hydrogen-bond acceptors (Lipinski definition) is 2. The number of nitrogens with zero attached hydrogens (tertiary/aromatic N) is 1. The van der Waals surface area contributed by atoms with Gasteiger partial charge in [0.2, 0.25) is 0 Å². The summed E-state index contributed by atoms with van der Waals surface area (Å²) in [6, 6.07) is 5.06. The highest BCUT2D eigenvalue weighted by atomic mass is 35.5. The topological polar surface area (TPSA) is 22.1 Å². The minimum absolute atomic E-state index is 0.0901. The number of methoxy groups -OCH3 is 1. The van der Waals surface area contributed by atoms with E-state index in [1.54, 1.807) is 6.20 Å². The number of pyridine rings is 1. The summed E-state index contributed by atoms with van der Waals surface area (Å²) in [5, 5.41) is 0.580. The summed E-state index contributed by atoms with van der Waals surface area (Å²) in [6.45, 7) is 5.83. The highest BCUT2D eigenvalue weighted by Gasteiger charge is 2.16.